The number of phenolic OH excluding ortho intramolecular Hbond substituents is 1. The molecule has 1 aromatic rings. The highest BCUT2D eigenvalue weighted by Crippen LogP contribution is 2.52. The van der Waals surface area contributed by atoms with Crippen LogP contribution in [0.15, 0.2) is 6.07 Å². The summed E-state index contributed by atoms with van der Waals surface area (Å²) in [4.78, 5) is 70.1. The Morgan fingerprint density at radius 3 is 2.33 bits per heavy atom. The van der Waals surface area contributed by atoms with Gasteiger partial charge in [0.25, 0.3) is 0 Å². The number of aromatic hydroxyl groups is 1. The number of benzene rings is 1. The number of primary amides is 1. The van der Waals surface area contributed by atoms with Crippen LogP contribution in [0.25, 0.3) is 0 Å². The number of hydrogen-bond donors (Lipinski definition) is 4. The molecule has 5 N–H and O–H groups in total. The Bertz CT molecular complexity index is 1300. The van der Waals surface area contributed by atoms with Gasteiger partial charge in [0.05, 0.1) is 17.5 Å². The molecule has 4 aliphatic carbocycles. The highest BCUT2D eigenvalue weighted by atomic mass is 16.3. The minimum absolute atomic E-state index is 0.0138. The van der Waals surface area contributed by atoms with Gasteiger partial charge in [0.1, 0.15) is 5.75 Å². The van der Waals surface area contributed by atoms with Gasteiger partial charge in [0.2, 0.25) is 5.91 Å². The molecular weight excluding hydrogens is 516 g/mol. The lowest BCUT2D eigenvalue weighted by atomic mass is 9.52. The van der Waals surface area contributed by atoms with Crippen LogP contribution in [0.3, 0.4) is 0 Å². The maximum atomic E-state index is 14.0. The van der Waals surface area contributed by atoms with Crippen molar-refractivity contribution in [1.29, 1.82) is 0 Å². The number of nitrogens with one attached hydrogen (secondary N) is 1. The van der Waals surface area contributed by atoms with Gasteiger partial charge in [-0.2, -0.15) is 0 Å². The molecule has 0 aliphatic heterocycles. The molecule has 3 fully saturated rings. The molecule has 4 aliphatic rings. The van der Waals surface area contributed by atoms with E-state index < -0.39 is 64.4 Å². The zero-order chi connectivity index (χ0) is 29.3. The molecule has 0 saturated heterocycles. The quantitative estimate of drug-likeness (QED) is 0.350. The molecule has 0 radical (unpaired) electrons. The van der Waals surface area contributed by atoms with E-state index in [1.807, 2.05) is 19.0 Å². The fraction of sp³-hybridized carbons (Fsp3) is 0.621. The van der Waals surface area contributed by atoms with E-state index in [9.17, 15) is 34.2 Å². The van der Waals surface area contributed by atoms with Crippen molar-refractivity contribution in [2.75, 3.05) is 33.1 Å². The van der Waals surface area contributed by atoms with Crippen LogP contribution in [0.1, 0.15) is 53.6 Å². The Hall–Kier alpha value is -3.15. The molecule has 5 rings (SSSR count). The zero-order valence-electron chi connectivity index (χ0n) is 23.4. The number of fused-ring (bicyclic) bond motifs is 3. The summed E-state index contributed by atoms with van der Waals surface area (Å²) < 4.78 is 0. The van der Waals surface area contributed by atoms with E-state index in [1.165, 1.54) is 17.7 Å². The van der Waals surface area contributed by atoms with Crippen LogP contribution in [0.5, 0.6) is 5.75 Å². The maximum absolute atomic E-state index is 14.0. The van der Waals surface area contributed by atoms with Gasteiger partial charge in [0, 0.05) is 38.3 Å². The van der Waals surface area contributed by atoms with Crippen molar-refractivity contribution in [3.63, 3.8) is 0 Å². The Morgan fingerprint density at radius 2 is 1.75 bits per heavy atom. The number of aliphatic hydroxyl groups is 1. The minimum atomic E-state index is -2.72. The van der Waals surface area contributed by atoms with Gasteiger partial charge in [-0.3, -0.25) is 28.9 Å². The Labute approximate surface area is 233 Å². The van der Waals surface area contributed by atoms with Gasteiger partial charge < -0.3 is 26.2 Å². The maximum Gasteiger partial charge on any atom is 0.235 e. The zero-order valence-corrected chi connectivity index (χ0v) is 23.4. The van der Waals surface area contributed by atoms with Crippen LogP contribution in [-0.4, -0.2) is 90.0 Å². The number of ketones is 4. The van der Waals surface area contributed by atoms with Crippen LogP contribution in [0, 0.1) is 23.7 Å². The fourth-order valence-electron chi connectivity index (χ4n) is 7.80. The Morgan fingerprint density at radius 1 is 1.10 bits per heavy atom. The lowest BCUT2D eigenvalue weighted by Crippen LogP contribution is -2.74. The van der Waals surface area contributed by atoms with E-state index in [0.29, 0.717) is 18.2 Å². The monoisotopic (exact) mass is 554 g/mol. The summed E-state index contributed by atoms with van der Waals surface area (Å²) in [7, 11) is 6.86. The number of nitrogens with zero attached hydrogens (tertiary/aromatic N) is 2. The molecule has 11 nitrogen and oxygen atoms in total. The van der Waals surface area contributed by atoms with Crippen LogP contribution >= 0.6 is 0 Å². The summed E-state index contributed by atoms with van der Waals surface area (Å²) in [5.74, 6) is -10.3. The van der Waals surface area contributed by atoms with Gasteiger partial charge in [-0.1, -0.05) is 12.8 Å². The third kappa shape index (κ3) is 4.09. The second kappa shape index (κ2) is 10.0. The van der Waals surface area contributed by atoms with Crippen LogP contribution in [0.4, 0.5) is 5.69 Å². The topological polar surface area (TPSA) is 170 Å². The summed E-state index contributed by atoms with van der Waals surface area (Å²) in [6, 6.07) is 0.820. The smallest absolute Gasteiger partial charge is 0.235 e. The predicted molar refractivity (Wildman–Crippen MR) is 145 cm³/mol. The molecule has 0 aromatic heterocycles. The number of likely N-dealkylation sites (N-methyl/N-ethyl adjacent to an activating group) is 1. The first-order valence-corrected chi connectivity index (χ1v) is 13.9. The summed E-state index contributed by atoms with van der Waals surface area (Å²) in [6.45, 7) is 0.503. The molecule has 6 atom stereocenters. The van der Waals surface area contributed by atoms with Gasteiger partial charge >= 0.3 is 0 Å². The molecule has 2 unspecified atom stereocenters. The van der Waals surface area contributed by atoms with Crippen molar-refractivity contribution >= 4 is 34.7 Å². The normalized spacial score (nSPS) is 32.2. The standard InChI is InChI=1S/C29H38N4O7/c1-32(2)22-14(12-31-15-7-5-6-8-15)11-18(34)20-16(22)9-13-10-17-23(33(3)4)25(36)21(28(30)39)27(38)29(17,40)26(37)19(13)24(20)35/h11,13,15,17,19,21,23,31,34,40H,5-10,12H2,1-4H3,(H2,30,39)/t13-,17-,19?,21?,23-,29-/m0/s1. The number of carbonyl (C=O) groups is 5. The highest BCUT2D eigenvalue weighted by molar-refractivity contribution is 6.32. The molecule has 1 aromatic carbocycles. The number of Topliss-reactive ketones (excluding diaryl/α,β-unsaturated/α-hetero) is 4. The van der Waals surface area contributed by atoms with Crippen molar-refractivity contribution in [3.05, 3.63) is 22.8 Å². The minimum Gasteiger partial charge on any atom is -0.507 e. The largest absolute Gasteiger partial charge is 0.507 e. The molecule has 40 heavy (non-hydrogen) atoms. The summed E-state index contributed by atoms with van der Waals surface area (Å²) in [5, 5.41) is 26.3. The molecule has 0 heterocycles. The van der Waals surface area contributed by atoms with Crippen molar-refractivity contribution < 1.29 is 34.2 Å². The van der Waals surface area contributed by atoms with Crippen molar-refractivity contribution in [2.24, 2.45) is 29.4 Å². The second-order valence-corrected chi connectivity index (χ2v) is 12.3. The summed E-state index contributed by atoms with van der Waals surface area (Å²) in [5.41, 5.74) is 4.89. The van der Waals surface area contributed by atoms with Crippen molar-refractivity contribution in [1.82, 2.24) is 10.2 Å². The van der Waals surface area contributed by atoms with E-state index in [-0.39, 0.29) is 24.2 Å². The lowest BCUT2D eigenvalue weighted by molar-refractivity contribution is -0.181. The highest BCUT2D eigenvalue weighted by Gasteiger charge is 2.69. The molecular formula is C29H38N4O7. The van der Waals surface area contributed by atoms with Crippen LogP contribution < -0.4 is 16.0 Å². The van der Waals surface area contributed by atoms with Crippen LogP contribution in [-0.2, 0) is 32.1 Å². The molecule has 216 valence electrons. The molecule has 3 saturated carbocycles. The second-order valence-electron chi connectivity index (χ2n) is 12.3. The van der Waals surface area contributed by atoms with Gasteiger partial charge in [-0.15, -0.1) is 0 Å². The fourth-order valence-corrected chi connectivity index (χ4v) is 7.80. The number of phenols is 1. The number of nitrogens with two attached hydrogens (primary N) is 1. The van der Waals surface area contributed by atoms with E-state index in [2.05, 4.69) is 5.32 Å². The third-order valence-electron chi connectivity index (χ3n) is 9.50. The first kappa shape index (κ1) is 28.4. The SMILES string of the molecule is CN(C)c1c(CNC2CCCC2)cc(O)c2c1C[C@H]1C[C@H]3[C@H](N(C)C)C(=O)C(C(N)=O)C(=O)[C@@]3(O)C(=O)C1C2=O. The molecule has 1 amide bonds. The van der Waals surface area contributed by atoms with Crippen LogP contribution in [0.2, 0.25) is 0 Å². The summed E-state index contributed by atoms with van der Waals surface area (Å²) in [6.07, 6.45) is 4.79. The number of rotatable bonds is 6. The third-order valence-corrected chi connectivity index (χ3v) is 9.50. The lowest BCUT2D eigenvalue weighted by Gasteiger charge is -2.52. The number of amides is 1. The van der Waals surface area contributed by atoms with Gasteiger partial charge in [-0.05, 0) is 62.9 Å². The van der Waals surface area contributed by atoms with E-state index in [1.54, 1.807) is 20.2 Å². The Balaban J connectivity index is 1.59. The summed E-state index contributed by atoms with van der Waals surface area (Å²) >= 11 is 0. The van der Waals surface area contributed by atoms with Gasteiger partial charge in [-0.25, -0.2) is 0 Å². The van der Waals surface area contributed by atoms with E-state index in [0.717, 1.165) is 24.1 Å². The average molecular weight is 555 g/mol. The van der Waals surface area contributed by atoms with E-state index >= 15 is 0 Å². The average Bonchev–Trinajstić information content (AvgIpc) is 3.38. The molecule has 11 heteroatoms. The first-order chi connectivity index (χ1) is 18.8. The van der Waals surface area contributed by atoms with E-state index in [4.69, 9.17) is 5.73 Å². The number of carbonyl (C=O) groups excluding carboxylic acids is 5. The van der Waals surface area contributed by atoms with Crippen molar-refractivity contribution in [3.8, 4) is 5.75 Å². The first-order valence-electron chi connectivity index (χ1n) is 13.9. The molecule has 0 spiro atoms. The molecule has 0 bridgehead atoms. The Kier molecular flexibility index (Phi) is 7.12. The van der Waals surface area contributed by atoms with Gasteiger partial charge in [0.15, 0.2) is 34.7 Å². The number of anilines is 1. The van der Waals surface area contributed by atoms with Crippen molar-refractivity contribution in [2.45, 2.75) is 62.8 Å². The predicted octanol–water partition coefficient (Wildman–Crippen LogP) is -0.0348. The number of hydrogen-bond acceptors (Lipinski definition) is 10.